The van der Waals surface area contributed by atoms with Crippen molar-refractivity contribution in [3.05, 3.63) is 35.4 Å². The topological polar surface area (TPSA) is 89.5 Å². The van der Waals surface area contributed by atoms with E-state index in [1.807, 2.05) is 13.8 Å². The van der Waals surface area contributed by atoms with Gasteiger partial charge in [0.05, 0.1) is 50.8 Å². The third-order valence-corrected chi connectivity index (χ3v) is 3.43. The van der Waals surface area contributed by atoms with Crippen LogP contribution in [0.5, 0.6) is 0 Å². The predicted octanol–water partition coefficient (Wildman–Crippen LogP) is 2.11. The first-order chi connectivity index (χ1) is 13.7. The molecule has 0 saturated heterocycles. The lowest BCUT2D eigenvalue weighted by molar-refractivity contribution is 0.0157. The molecule has 8 nitrogen and oxygen atoms in total. The molecule has 0 bridgehead atoms. The van der Waals surface area contributed by atoms with Crippen molar-refractivity contribution in [3.8, 4) is 0 Å². The van der Waals surface area contributed by atoms with Crippen LogP contribution in [-0.4, -0.2) is 78.0 Å². The third-order valence-electron chi connectivity index (χ3n) is 3.43. The van der Waals surface area contributed by atoms with Crippen molar-refractivity contribution in [2.75, 3.05) is 66.1 Å². The van der Waals surface area contributed by atoms with Crippen molar-refractivity contribution >= 4 is 11.9 Å². The van der Waals surface area contributed by atoms with E-state index in [0.29, 0.717) is 64.0 Å². The van der Waals surface area contributed by atoms with Gasteiger partial charge in [-0.1, -0.05) is 0 Å². The van der Waals surface area contributed by atoms with Gasteiger partial charge in [-0.15, -0.1) is 0 Å². The number of carbonyl (C=O) groups is 2. The van der Waals surface area contributed by atoms with Gasteiger partial charge in [0, 0.05) is 13.2 Å². The highest BCUT2D eigenvalue weighted by Crippen LogP contribution is 2.07. The Morgan fingerprint density at radius 1 is 0.571 bits per heavy atom. The summed E-state index contributed by atoms with van der Waals surface area (Å²) < 4.78 is 31.0. The van der Waals surface area contributed by atoms with E-state index < -0.39 is 11.9 Å². The highest BCUT2D eigenvalue weighted by Gasteiger charge is 2.11. The normalized spacial score (nSPS) is 10.6. The molecule has 1 rings (SSSR count). The van der Waals surface area contributed by atoms with Gasteiger partial charge >= 0.3 is 11.9 Å². The van der Waals surface area contributed by atoms with E-state index in [2.05, 4.69) is 0 Å². The second-order valence-corrected chi connectivity index (χ2v) is 5.47. The van der Waals surface area contributed by atoms with E-state index in [-0.39, 0.29) is 13.2 Å². The maximum atomic E-state index is 11.9. The third kappa shape index (κ3) is 11.0. The minimum absolute atomic E-state index is 0.151. The zero-order valence-corrected chi connectivity index (χ0v) is 16.6. The summed E-state index contributed by atoms with van der Waals surface area (Å²) in [5, 5.41) is 0. The molecule has 1 aromatic carbocycles. The smallest absolute Gasteiger partial charge is 0.338 e. The Labute approximate surface area is 166 Å². The van der Waals surface area contributed by atoms with Crippen molar-refractivity contribution < 1.29 is 38.0 Å². The van der Waals surface area contributed by atoms with Crippen molar-refractivity contribution in [2.24, 2.45) is 0 Å². The van der Waals surface area contributed by atoms with E-state index in [1.165, 1.54) is 24.3 Å². The fourth-order valence-electron chi connectivity index (χ4n) is 2.02. The lowest BCUT2D eigenvalue weighted by Gasteiger charge is -2.08. The Kier molecular flexibility index (Phi) is 13.7. The minimum Gasteiger partial charge on any atom is -0.460 e. The van der Waals surface area contributed by atoms with Crippen LogP contribution in [0, 0.1) is 0 Å². The monoisotopic (exact) mass is 398 g/mol. The Bertz CT molecular complexity index is 495. The summed E-state index contributed by atoms with van der Waals surface area (Å²) in [5.41, 5.74) is 0.704. The predicted molar refractivity (Wildman–Crippen MR) is 102 cm³/mol. The molecule has 1 aromatic rings. The average molecular weight is 398 g/mol. The largest absolute Gasteiger partial charge is 0.460 e. The molecule has 158 valence electrons. The summed E-state index contributed by atoms with van der Waals surface area (Å²) >= 11 is 0. The molecule has 0 saturated carbocycles. The van der Waals surface area contributed by atoms with Gasteiger partial charge in [0.1, 0.15) is 13.2 Å². The summed E-state index contributed by atoms with van der Waals surface area (Å²) in [5.74, 6) is -0.952. The average Bonchev–Trinajstić information content (AvgIpc) is 2.72. The summed E-state index contributed by atoms with van der Waals surface area (Å²) in [6.45, 7) is 7.96. The Morgan fingerprint density at radius 2 is 0.893 bits per heavy atom. The Morgan fingerprint density at radius 3 is 1.25 bits per heavy atom. The molecule has 0 unspecified atom stereocenters. The molecule has 28 heavy (non-hydrogen) atoms. The van der Waals surface area contributed by atoms with Crippen LogP contribution in [0.4, 0.5) is 0 Å². The van der Waals surface area contributed by atoms with Crippen LogP contribution in [-0.2, 0) is 28.4 Å². The summed E-state index contributed by atoms with van der Waals surface area (Å²) in [7, 11) is 0. The quantitative estimate of drug-likeness (QED) is 0.309. The van der Waals surface area contributed by atoms with Gasteiger partial charge in [-0.3, -0.25) is 0 Å². The Balaban J connectivity index is 2.20. The molecule has 0 heterocycles. The number of esters is 2. The van der Waals surface area contributed by atoms with Gasteiger partial charge in [-0.05, 0) is 38.1 Å². The fraction of sp³-hybridized carbons (Fsp3) is 0.600. The number of hydrogen-bond donors (Lipinski definition) is 0. The van der Waals surface area contributed by atoms with Gasteiger partial charge in [0.25, 0.3) is 0 Å². The maximum absolute atomic E-state index is 11.9. The molecule has 0 radical (unpaired) electrons. The summed E-state index contributed by atoms with van der Waals surface area (Å²) in [6.07, 6.45) is 0. The molecule has 0 spiro atoms. The molecule has 0 amide bonds. The number of hydrogen-bond acceptors (Lipinski definition) is 8. The van der Waals surface area contributed by atoms with Crippen molar-refractivity contribution in [2.45, 2.75) is 13.8 Å². The molecule has 8 heteroatoms. The first-order valence-electron chi connectivity index (χ1n) is 9.44. The van der Waals surface area contributed by atoms with Crippen LogP contribution in [0.3, 0.4) is 0 Å². The lowest BCUT2D eigenvalue weighted by atomic mass is 10.1. The second kappa shape index (κ2) is 16.0. The zero-order valence-electron chi connectivity index (χ0n) is 16.6. The molecule has 0 fully saturated rings. The fourth-order valence-corrected chi connectivity index (χ4v) is 2.02. The highest BCUT2D eigenvalue weighted by atomic mass is 16.6. The van der Waals surface area contributed by atoms with Crippen molar-refractivity contribution in [1.29, 1.82) is 0 Å². The van der Waals surface area contributed by atoms with E-state index in [4.69, 9.17) is 28.4 Å². The van der Waals surface area contributed by atoms with Crippen LogP contribution in [0.15, 0.2) is 24.3 Å². The first-order valence-corrected chi connectivity index (χ1v) is 9.44. The number of rotatable bonds is 16. The van der Waals surface area contributed by atoms with Crippen LogP contribution in [0.2, 0.25) is 0 Å². The van der Waals surface area contributed by atoms with Gasteiger partial charge in [-0.2, -0.15) is 0 Å². The second-order valence-electron chi connectivity index (χ2n) is 5.47. The molecule has 0 aromatic heterocycles. The van der Waals surface area contributed by atoms with Crippen LogP contribution < -0.4 is 0 Å². The SMILES string of the molecule is CCOCCOCCOC(=O)c1ccc(C(=O)OCCOCCOCC)cc1. The van der Waals surface area contributed by atoms with Crippen LogP contribution >= 0.6 is 0 Å². The van der Waals surface area contributed by atoms with Crippen LogP contribution in [0.1, 0.15) is 34.6 Å². The molecule has 0 aliphatic heterocycles. The van der Waals surface area contributed by atoms with Gasteiger partial charge in [0.2, 0.25) is 0 Å². The maximum Gasteiger partial charge on any atom is 0.338 e. The van der Waals surface area contributed by atoms with Gasteiger partial charge in [0.15, 0.2) is 0 Å². The van der Waals surface area contributed by atoms with Gasteiger partial charge in [-0.25, -0.2) is 9.59 Å². The van der Waals surface area contributed by atoms with E-state index in [1.54, 1.807) is 0 Å². The molecular formula is C20H30O8. The summed E-state index contributed by atoms with van der Waals surface area (Å²) in [6, 6.07) is 6.09. The van der Waals surface area contributed by atoms with Crippen molar-refractivity contribution in [3.63, 3.8) is 0 Å². The number of benzene rings is 1. The van der Waals surface area contributed by atoms with Crippen molar-refractivity contribution in [1.82, 2.24) is 0 Å². The first kappa shape index (κ1) is 24.0. The molecule has 0 aliphatic carbocycles. The molecule has 0 atom stereocenters. The number of carbonyl (C=O) groups excluding carboxylic acids is 2. The Hall–Kier alpha value is -2.00. The summed E-state index contributed by atoms with van der Waals surface area (Å²) in [4.78, 5) is 23.9. The van der Waals surface area contributed by atoms with Gasteiger partial charge < -0.3 is 28.4 Å². The minimum atomic E-state index is -0.476. The van der Waals surface area contributed by atoms with E-state index >= 15 is 0 Å². The molecular weight excluding hydrogens is 368 g/mol. The lowest BCUT2D eigenvalue weighted by Crippen LogP contribution is -2.14. The molecule has 0 N–H and O–H groups in total. The van der Waals surface area contributed by atoms with E-state index in [0.717, 1.165) is 0 Å². The number of ether oxygens (including phenoxy) is 6. The highest BCUT2D eigenvalue weighted by molar-refractivity contribution is 5.93. The standard InChI is InChI=1S/C20H30O8/c1-3-23-9-11-25-13-15-27-19(21)17-5-7-18(8-6-17)20(22)28-16-14-26-12-10-24-4-2/h5-8H,3-4,9-16H2,1-2H3. The molecule has 0 aliphatic rings. The zero-order chi connectivity index (χ0) is 20.5. The van der Waals surface area contributed by atoms with Crippen LogP contribution in [0.25, 0.3) is 0 Å². The van der Waals surface area contributed by atoms with E-state index in [9.17, 15) is 9.59 Å².